The molecular weight excluding hydrogens is 285 g/mol. The smallest absolute Gasteiger partial charge is 0.374 e. The van der Waals surface area contributed by atoms with Crippen molar-refractivity contribution in [2.24, 2.45) is 0 Å². The highest BCUT2D eigenvalue weighted by Crippen LogP contribution is 2.16. The Kier molecular flexibility index (Phi) is 1.91. The van der Waals surface area contributed by atoms with Crippen LogP contribution in [-0.4, -0.2) is 26.0 Å². The number of H-pyrrole nitrogens is 1. The number of nitrogens with one attached hydrogen (secondary N) is 1. The van der Waals surface area contributed by atoms with E-state index < -0.39 is 5.97 Å². The minimum Gasteiger partial charge on any atom is -0.475 e. The van der Waals surface area contributed by atoms with Crippen molar-refractivity contribution >= 4 is 39.6 Å². The van der Waals surface area contributed by atoms with E-state index in [0.717, 1.165) is 8.96 Å². The molecule has 2 aromatic rings. The van der Waals surface area contributed by atoms with Crippen molar-refractivity contribution in [1.82, 2.24) is 15.0 Å². The lowest BCUT2D eigenvalue weighted by Crippen LogP contribution is -2.03. The number of hydrogen-bond acceptors (Lipinski definition) is 3. The van der Waals surface area contributed by atoms with Crippen molar-refractivity contribution < 1.29 is 9.90 Å². The van der Waals surface area contributed by atoms with Gasteiger partial charge in [-0.1, -0.05) is 0 Å². The fourth-order valence-electron chi connectivity index (χ4n) is 0.979. The van der Waals surface area contributed by atoms with Gasteiger partial charge < -0.3 is 10.1 Å². The third kappa shape index (κ3) is 1.37. The van der Waals surface area contributed by atoms with Crippen LogP contribution < -0.4 is 0 Å². The molecule has 66 valence electrons. The van der Waals surface area contributed by atoms with E-state index in [2.05, 4.69) is 37.5 Å². The Morgan fingerprint density at radius 1 is 1.62 bits per heavy atom. The summed E-state index contributed by atoms with van der Waals surface area (Å²) in [5, 5.41) is 9.45. The normalized spacial score (nSPS) is 10.5. The minimum atomic E-state index is -1.12. The molecule has 0 amide bonds. The summed E-state index contributed by atoms with van der Waals surface area (Å²) in [6.07, 6.45) is 3.26. The number of nitrogens with zero attached hydrogens (tertiary/aromatic N) is 2. The number of aromatic amines is 1. The second-order valence-electron chi connectivity index (χ2n) is 2.40. The third-order valence-electron chi connectivity index (χ3n) is 1.57. The van der Waals surface area contributed by atoms with Crippen molar-refractivity contribution in [2.75, 3.05) is 0 Å². The first-order chi connectivity index (χ1) is 6.18. The highest BCUT2D eigenvalue weighted by atomic mass is 127. The summed E-state index contributed by atoms with van der Waals surface area (Å²) in [7, 11) is 0. The Labute approximate surface area is 86.3 Å². The van der Waals surface area contributed by atoms with Gasteiger partial charge in [-0.05, 0) is 22.6 Å². The molecule has 2 rings (SSSR count). The molecule has 0 aliphatic carbocycles. The molecule has 0 saturated carbocycles. The Balaban J connectivity index is 2.70. The number of halogens is 1. The van der Waals surface area contributed by atoms with Crippen LogP contribution in [0.3, 0.4) is 0 Å². The summed E-state index contributed by atoms with van der Waals surface area (Å²) >= 11 is 2.12. The summed E-state index contributed by atoms with van der Waals surface area (Å²) in [4.78, 5) is 20.9. The number of hydrogen-bond donors (Lipinski definition) is 2. The first-order valence-electron chi connectivity index (χ1n) is 3.41. The third-order valence-corrected chi connectivity index (χ3v) is 2.47. The van der Waals surface area contributed by atoms with E-state index in [1.807, 2.05) is 0 Å². The summed E-state index contributed by atoms with van der Waals surface area (Å²) in [6, 6.07) is 0. The van der Waals surface area contributed by atoms with Crippen molar-refractivity contribution in [2.45, 2.75) is 0 Å². The van der Waals surface area contributed by atoms with Crippen molar-refractivity contribution in [3.63, 3.8) is 0 Å². The Morgan fingerprint density at radius 2 is 2.38 bits per heavy atom. The quantitative estimate of drug-likeness (QED) is 0.775. The van der Waals surface area contributed by atoms with Crippen LogP contribution in [0.25, 0.3) is 11.0 Å². The molecule has 0 radical (unpaired) electrons. The zero-order valence-corrected chi connectivity index (χ0v) is 8.44. The molecule has 2 N–H and O–H groups in total. The molecule has 0 bridgehead atoms. The Hall–Kier alpha value is -1.18. The van der Waals surface area contributed by atoms with Crippen LogP contribution in [-0.2, 0) is 0 Å². The average Bonchev–Trinajstić information content (AvgIpc) is 2.47. The van der Waals surface area contributed by atoms with E-state index in [9.17, 15) is 4.79 Å². The number of carbonyl (C=O) groups is 1. The lowest BCUT2D eigenvalue weighted by molar-refractivity contribution is 0.0684. The van der Waals surface area contributed by atoms with Crippen molar-refractivity contribution in [3.05, 3.63) is 21.8 Å². The molecule has 6 heteroatoms. The number of aromatic carboxylic acids is 1. The molecule has 13 heavy (non-hydrogen) atoms. The molecule has 2 aromatic heterocycles. The first kappa shape index (κ1) is 8.42. The lowest BCUT2D eigenvalue weighted by atomic mass is 10.4. The minimum absolute atomic E-state index is 0.189. The summed E-state index contributed by atoms with van der Waals surface area (Å²) in [5.41, 5.74) is 0.553. The fourth-order valence-corrected chi connectivity index (χ4v) is 1.53. The second-order valence-corrected chi connectivity index (χ2v) is 3.56. The van der Waals surface area contributed by atoms with Crippen LogP contribution >= 0.6 is 22.6 Å². The maximum Gasteiger partial charge on any atom is 0.374 e. The number of fused-ring (bicyclic) bond motifs is 1. The molecule has 0 unspecified atom stereocenters. The molecule has 0 spiro atoms. The van der Waals surface area contributed by atoms with E-state index in [0.29, 0.717) is 5.65 Å². The van der Waals surface area contributed by atoms with Gasteiger partial charge in [0.15, 0.2) is 0 Å². The highest BCUT2D eigenvalue weighted by Gasteiger charge is 2.09. The van der Waals surface area contributed by atoms with Crippen LogP contribution in [0.1, 0.15) is 10.6 Å². The van der Waals surface area contributed by atoms with E-state index in [1.165, 1.54) is 6.20 Å². The van der Waals surface area contributed by atoms with Gasteiger partial charge in [0.05, 0.1) is 5.39 Å². The Bertz CT molecular complexity index is 480. The average molecular weight is 289 g/mol. The number of aromatic nitrogens is 3. The van der Waals surface area contributed by atoms with Gasteiger partial charge in [0.2, 0.25) is 5.82 Å². The maximum absolute atomic E-state index is 10.5. The topological polar surface area (TPSA) is 78.9 Å². The summed E-state index contributed by atoms with van der Waals surface area (Å²) in [6.45, 7) is 0. The standard InChI is InChI=1S/C7H4IN3O2/c8-4-2-10-5-3(4)1-9-6(11-5)7(12)13/h1-2H,(H,12,13)(H,9,10,11). The van der Waals surface area contributed by atoms with Gasteiger partial charge in [0.25, 0.3) is 0 Å². The van der Waals surface area contributed by atoms with Crippen LogP contribution in [0.5, 0.6) is 0 Å². The molecule has 0 aliphatic heterocycles. The lowest BCUT2D eigenvalue weighted by Gasteiger charge is -1.92. The molecule has 5 nitrogen and oxygen atoms in total. The molecule has 0 fully saturated rings. The van der Waals surface area contributed by atoms with Crippen molar-refractivity contribution in [3.8, 4) is 0 Å². The molecular formula is C7H4IN3O2. The first-order valence-corrected chi connectivity index (χ1v) is 4.49. The van der Waals surface area contributed by atoms with E-state index >= 15 is 0 Å². The highest BCUT2D eigenvalue weighted by molar-refractivity contribution is 14.1. The van der Waals surface area contributed by atoms with Gasteiger partial charge in [0, 0.05) is 16.0 Å². The zero-order valence-electron chi connectivity index (χ0n) is 6.28. The predicted octanol–water partition coefficient (Wildman–Crippen LogP) is 1.26. The Morgan fingerprint density at radius 3 is 3.08 bits per heavy atom. The molecule has 0 aromatic carbocycles. The fraction of sp³-hybridized carbons (Fsp3) is 0. The van der Waals surface area contributed by atoms with Crippen molar-refractivity contribution in [1.29, 1.82) is 0 Å². The van der Waals surface area contributed by atoms with Crippen LogP contribution in [0, 0.1) is 3.57 Å². The van der Waals surface area contributed by atoms with Gasteiger partial charge in [-0.25, -0.2) is 14.8 Å². The SMILES string of the molecule is O=C(O)c1ncc2c(I)c[nH]c2n1. The van der Waals surface area contributed by atoms with Gasteiger partial charge in [-0.15, -0.1) is 0 Å². The van der Waals surface area contributed by atoms with Gasteiger partial charge in [-0.3, -0.25) is 0 Å². The van der Waals surface area contributed by atoms with E-state index in [4.69, 9.17) is 5.11 Å². The largest absolute Gasteiger partial charge is 0.475 e. The maximum atomic E-state index is 10.5. The monoisotopic (exact) mass is 289 g/mol. The van der Waals surface area contributed by atoms with Gasteiger partial charge in [-0.2, -0.15) is 0 Å². The molecule has 0 atom stereocenters. The van der Waals surface area contributed by atoms with Crippen LogP contribution in [0.15, 0.2) is 12.4 Å². The molecule has 0 aliphatic rings. The van der Waals surface area contributed by atoms with Crippen LogP contribution in [0.2, 0.25) is 0 Å². The van der Waals surface area contributed by atoms with Gasteiger partial charge in [0.1, 0.15) is 5.65 Å². The number of rotatable bonds is 1. The molecule has 2 heterocycles. The van der Waals surface area contributed by atoms with Gasteiger partial charge >= 0.3 is 5.97 Å². The number of carboxylic acids is 1. The van der Waals surface area contributed by atoms with Crippen LogP contribution in [0.4, 0.5) is 0 Å². The molecule has 0 saturated heterocycles. The predicted molar refractivity (Wildman–Crippen MR) is 53.6 cm³/mol. The summed E-state index contributed by atoms with van der Waals surface area (Å²) < 4.78 is 0.976. The summed E-state index contributed by atoms with van der Waals surface area (Å²) in [5.74, 6) is -1.31. The second kappa shape index (κ2) is 2.95. The van der Waals surface area contributed by atoms with E-state index in [-0.39, 0.29) is 5.82 Å². The van der Waals surface area contributed by atoms with E-state index in [1.54, 1.807) is 6.20 Å². The zero-order chi connectivity index (χ0) is 9.42. The number of carboxylic acid groups (broad SMARTS) is 1.